The summed E-state index contributed by atoms with van der Waals surface area (Å²) in [6.07, 6.45) is 0. The summed E-state index contributed by atoms with van der Waals surface area (Å²) in [6.45, 7) is 0. The van der Waals surface area contributed by atoms with Crippen molar-refractivity contribution in [1.82, 2.24) is 0 Å². The molecule has 0 bridgehead atoms. The number of benzene rings is 3. The van der Waals surface area contributed by atoms with Gasteiger partial charge in [-0.2, -0.15) is 0 Å². The van der Waals surface area contributed by atoms with E-state index in [9.17, 15) is 8.42 Å². The molecule has 3 aromatic rings. The van der Waals surface area contributed by atoms with Gasteiger partial charge < -0.3 is 15.0 Å². The number of rotatable bonds is 7. The first kappa shape index (κ1) is 19.6. The summed E-state index contributed by atoms with van der Waals surface area (Å²) < 4.78 is 32.6. The maximum Gasteiger partial charge on any atom is 0.261 e. The van der Waals surface area contributed by atoms with Crippen molar-refractivity contribution in [2.24, 2.45) is 0 Å². The molecule has 0 atom stereocenters. The molecule has 0 heterocycles. The molecule has 0 amide bonds. The monoisotopic (exact) mass is 397 g/mol. The van der Waals surface area contributed by atoms with Crippen LogP contribution in [0, 0.1) is 0 Å². The fraction of sp³-hybridized carbons (Fsp3) is 0.143. The molecule has 7 heteroatoms. The highest BCUT2D eigenvalue weighted by Gasteiger charge is 2.14. The van der Waals surface area contributed by atoms with Crippen molar-refractivity contribution >= 4 is 32.8 Å². The average Bonchev–Trinajstić information content (AvgIpc) is 2.70. The Morgan fingerprint density at radius 2 is 1.25 bits per heavy atom. The van der Waals surface area contributed by atoms with Crippen molar-refractivity contribution in [3.63, 3.8) is 0 Å². The first-order chi connectivity index (χ1) is 13.4. The van der Waals surface area contributed by atoms with Crippen LogP contribution in [0.2, 0.25) is 0 Å². The van der Waals surface area contributed by atoms with Gasteiger partial charge in [0, 0.05) is 36.8 Å². The Balaban J connectivity index is 1.68. The van der Waals surface area contributed by atoms with Gasteiger partial charge >= 0.3 is 0 Å². The van der Waals surface area contributed by atoms with E-state index < -0.39 is 10.0 Å². The van der Waals surface area contributed by atoms with Crippen LogP contribution in [0.1, 0.15) is 0 Å². The van der Waals surface area contributed by atoms with E-state index in [0.717, 1.165) is 17.1 Å². The summed E-state index contributed by atoms with van der Waals surface area (Å²) in [4.78, 5) is 2.21. The highest BCUT2D eigenvalue weighted by molar-refractivity contribution is 7.92. The van der Waals surface area contributed by atoms with Crippen molar-refractivity contribution < 1.29 is 13.2 Å². The molecule has 3 aromatic carbocycles. The van der Waals surface area contributed by atoms with Gasteiger partial charge in [0.25, 0.3) is 10.0 Å². The fourth-order valence-corrected chi connectivity index (χ4v) is 3.66. The lowest BCUT2D eigenvalue weighted by molar-refractivity contribution is 0.414. The van der Waals surface area contributed by atoms with E-state index in [-0.39, 0.29) is 4.90 Å². The number of methoxy groups -OCH3 is 1. The molecule has 0 fully saturated rings. The number of sulfonamides is 1. The lowest BCUT2D eigenvalue weighted by Gasteiger charge is -2.14. The number of ether oxygens (including phenoxy) is 1. The average molecular weight is 398 g/mol. The molecule has 0 unspecified atom stereocenters. The molecule has 0 aliphatic heterocycles. The van der Waals surface area contributed by atoms with E-state index in [1.165, 1.54) is 19.2 Å². The van der Waals surface area contributed by atoms with Crippen LogP contribution in [0.3, 0.4) is 0 Å². The summed E-state index contributed by atoms with van der Waals surface area (Å²) in [5, 5.41) is 3.29. The maximum atomic E-state index is 12.5. The quantitative estimate of drug-likeness (QED) is 0.622. The normalized spacial score (nSPS) is 11.0. The van der Waals surface area contributed by atoms with E-state index in [0.29, 0.717) is 11.4 Å². The van der Waals surface area contributed by atoms with Crippen LogP contribution in [-0.4, -0.2) is 29.6 Å². The van der Waals surface area contributed by atoms with Gasteiger partial charge in [-0.05, 0) is 72.8 Å². The highest BCUT2D eigenvalue weighted by Crippen LogP contribution is 2.23. The Labute approximate surface area is 165 Å². The third-order valence-corrected chi connectivity index (χ3v) is 5.58. The number of nitrogens with zero attached hydrogens (tertiary/aromatic N) is 1. The van der Waals surface area contributed by atoms with Crippen molar-refractivity contribution in [2.45, 2.75) is 4.90 Å². The first-order valence-electron chi connectivity index (χ1n) is 8.69. The first-order valence-corrected chi connectivity index (χ1v) is 10.2. The van der Waals surface area contributed by atoms with Crippen LogP contribution in [0.25, 0.3) is 0 Å². The Hall–Kier alpha value is -3.19. The minimum atomic E-state index is -3.65. The molecular weight excluding hydrogens is 374 g/mol. The van der Waals surface area contributed by atoms with Gasteiger partial charge in [-0.25, -0.2) is 8.42 Å². The molecular formula is C21H23N3O3S. The van der Waals surface area contributed by atoms with Crippen molar-refractivity contribution in [3.8, 4) is 5.75 Å². The molecule has 6 nitrogen and oxygen atoms in total. The summed E-state index contributed by atoms with van der Waals surface area (Å²) >= 11 is 0. The summed E-state index contributed by atoms with van der Waals surface area (Å²) in [5.41, 5.74) is 3.43. The van der Waals surface area contributed by atoms with Crippen LogP contribution >= 0.6 is 0 Å². The van der Waals surface area contributed by atoms with Crippen molar-refractivity contribution in [2.75, 3.05) is 36.1 Å². The van der Waals surface area contributed by atoms with Crippen molar-refractivity contribution in [1.29, 1.82) is 0 Å². The van der Waals surface area contributed by atoms with Gasteiger partial charge in [0.15, 0.2) is 0 Å². The standard InChI is InChI=1S/C21H23N3O3S/c1-24(2)19-10-8-17(9-11-19)22-16-4-6-18(7-5-16)23-28(25,26)21-14-12-20(27-3)13-15-21/h4-15,22-23H,1-3H3. The molecule has 0 saturated heterocycles. The predicted octanol–water partition coefficient (Wildman–Crippen LogP) is 4.31. The zero-order valence-electron chi connectivity index (χ0n) is 16.0. The molecule has 0 aromatic heterocycles. The molecule has 2 N–H and O–H groups in total. The van der Waals surface area contributed by atoms with Gasteiger partial charge in [-0.1, -0.05) is 0 Å². The van der Waals surface area contributed by atoms with Crippen LogP contribution in [0.4, 0.5) is 22.7 Å². The van der Waals surface area contributed by atoms with E-state index in [1.807, 2.05) is 55.4 Å². The van der Waals surface area contributed by atoms with Crippen molar-refractivity contribution in [3.05, 3.63) is 72.8 Å². The van der Waals surface area contributed by atoms with E-state index in [4.69, 9.17) is 4.74 Å². The Morgan fingerprint density at radius 3 is 1.75 bits per heavy atom. The molecule has 0 radical (unpaired) electrons. The second-order valence-corrected chi connectivity index (χ2v) is 8.11. The van der Waals surface area contributed by atoms with Gasteiger partial charge in [-0.3, -0.25) is 4.72 Å². The number of hydrogen-bond donors (Lipinski definition) is 2. The largest absolute Gasteiger partial charge is 0.497 e. The Kier molecular flexibility index (Phi) is 5.75. The zero-order valence-corrected chi connectivity index (χ0v) is 16.8. The van der Waals surface area contributed by atoms with Crippen LogP contribution in [-0.2, 0) is 10.0 Å². The molecule has 0 aliphatic carbocycles. The molecule has 28 heavy (non-hydrogen) atoms. The molecule has 0 spiro atoms. The smallest absolute Gasteiger partial charge is 0.261 e. The third kappa shape index (κ3) is 4.75. The topological polar surface area (TPSA) is 70.7 Å². The van der Waals surface area contributed by atoms with E-state index in [1.54, 1.807) is 24.3 Å². The molecule has 0 aliphatic rings. The fourth-order valence-electron chi connectivity index (χ4n) is 2.60. The number of nitrogens with one attached hydrogen (secondary N) is 2. The van der Waals surface area contributed by atoms with Crippen LogP contribution < -0.4 is 19.7 Å². The third-order valence-electron chi connectivity index (χ3n) is 4.18. The maximum absolute atomic E-state index is 12.5. The Morgan fingerprint density at radius 1 is 0.750 bits per heavy atom. The number of anilines is 4. The van der Waals surface area contributed by atoms with Gasteiger partial charge in [-0.15, -0.1) is 0 Å². The van der Waals surface area contributed by atoms with Gasteiger partial charge in [0.1, 0.15) is 5.75 Å². The van der Waals surface area contributed by atoms with Crippen LogP contribution in [0.5, 0.6) is 5.75 Å². The minimum Gasteiger partial charge on any atom is -0.497 e. The molecule has 146 valence electrons. The van der Waals surface area contributed by atoms with E-state index in [2.05, 4.69) is 10.0 Å². The number of hydrogen-bond acceptors (Lipinski definition) is 5. The second-order valence-electron chi connectivity index (χ2n) is 6.42. The summed E-state index contributed by atoms with van der Waals surface area (Å²) in [5.74, 6) is 0.605. The predicted molar refractivity (Wildman–Crippen MR) is 114 cm³/mol. The van der Waals surface area contributed by atoms with Gasteiger partial charge in [0.2, 0.25) is 0 Å². The lowest BCUT2D eigenvalue weighted by atomic mass is 10.2. The Bertz CT molecular complexity index is 1010. The second kappa shape index (κ2) is 8.22. The lowest BCUT2D eigenvalue weighted by Crippen LogP contribution is -2.12. The van der Waals surface area contributed by atoms with E-state index >= 15 is 0 Å². The van der Waals surface area contributed by atoms with Gasteiger partial charge in [0.05, 0.1) is 12.0 Å². The van der Waals surface area contributed by atoms with Crippen LogP contribution in [0.15, 0.2) is 77.7 Å². The highest BCUT2D eigenvalue weighted by atomic mass is 32.2. The summed E-state index contributed by atoms with van der Waals surface area (Å²) in [7, 11) is 1.87. The summed E-state index contributed by atoms with van der Waals surface area (Å²) in [6, 6.07) is 21.4. The SMILES string of the molecule is COc1ccc(S(=O)(=O)Nc2ccc(Nc3ccc(N(C)C)cc3)cc2)cc1. The molecule has 3 rings (SSSR count). The molecule has 0 saturated carbocycles. The zero-order chi connectivity index (χ0) is 20.1. The minimum absolute atomic E-state index is 0.177.